The molecule has 0 heterocycles. The first kappa shape index (κ1) is 27.8. The number of hydrogen-bond donors (Lipinski definition) is 1. The molecule has 1 N–H and O–H groups in total. The number of aryl methyl sites for hydroxylation is 1. The van der Waals surface area contributed by atoms with E-state index in [1.54, 1.807) is 36.4 Å². The van der Waals surface area contributed by atoms with Gasteiger partial charge in [-0.3, -0.25) is 4.99 Å². The second kappa shape index (κ2) is 12.5. The van der Waals surface area contributed by atoms with Crippen molar-refractivity contribution in [3.63, 3.8) is 0 Å². The summed E-state index contributed by atoms with van der Waals surface area (Å²) in [5, 5.41) is 0. The molecule has 0 aliphatic carbocycles. The Hall–Kier alpha value is -4.27. The molecule has 0 unspecified atom stereocenters. The van der Waals surface area contributed by atoms with Crippen molar-refractivity contribution in [2.75, 3.05) is 14.2 Å². The number of hydrogen-bond acceptors (Lipinski definition) is 6. The van der Waals surface area contributed by atoms with Gasteiger partial charge in [0.05, 0.1) is 30.9 Å². The Morgan fingerprint density at radius 3 is 1.92 bits per heavy atom. The molecule has 0 aliphatic rings. The third-order valence-electron chi connectivity index (χ3n) is 6.19. The normalized spacial score (nSPS) is 12.7. The summed E-state index contributed by atoms with van der Waals surface area (Å²) in [5.74, 6) is -0.190. The van der Waals surface area contributed by atoms with Crippen LogP contribution in [0.5, 0.6) is 5.75 Å². The van der Waals surface area contributed by atoms with Crippen LogP contribution in [0.3, 0.4) is 0 Å². The molecule has 0 radical (unpaired) electrons. The fourth-order valence-electron chi connectivity index (χ4n) is 4.13. The van der Waals surface area contributed by atoms with Crippen molar-refractivity contribution in [2.24, 2.45) is 4.99 Å². The Balaban J connectivity index is 1.91. The highest BCUT2D eigenvalue weighted by molar-refractivity contribution is 7.89. The summed E-state index contributed by atoms with van der Waals surface area (Å²) in [6.07, 6.45) is 0. The van der Waals surface area contributed by atoms with Crippen molar-refractivity contribution in [3.8, 4) is 5.75 Å². The van der Waals surface area contributed by atoms with Crippen LogP contribution < -0.4 is 9.46 Å². The first-order valence-corrected chi connectivity index (χ1v) is 13.8. The number of methoxy groups -OCH3 is 2. The molecule has 8 heteroatoms. The highest BCUT2D eigenvalue weighted by Gasteiger charge is 2.35. The van der Waals surface area contributed by atoms with Gasteiger partial charge in [0, 0.05) is 11.1 Å². The van der Waals surface area contributed by atoms with Gasteiger partial charge in [-0.1, -0.05) is 90.5 Å². The van der Waals surface area contributed by atoms with E-state index in [9.17, 15) is 13.2 Å². The SMILES string of the molecule is COC(=O)[C@@H](N=C(c1ccccc1)c1ccccc1)[C@H](NS(=O)(=O)c1ccc(C)cc1)c1cccc(OC)c1. The number of rotatable bonds is 10. The number of benzene rings is 4. The first-order chi connectivity index (χ1) is 18.8. The molecule has 7 nitrogen and oxygen atoms in total. The van der Waals surface area contributed by atoms with Gasteiger partial charge in [0.25, 0.3) is 0 Å². The lowest BCUT2D eigenvalue weighted by atomic mass is 9.98. The van der Waals surface area contributed by atoms with E-state index in [-0.39, 0.29) is 4.90 Å². The third-order valence-corrected chi connectivity index (χ3v) is 7.64. The molecule has 0 aliphatic heterocycles. The van der Waals surface area contributed by atoms with Gasteiger partial charge in [-0.15, -0.1) is 0 Å². The van der Waals surface area contributed by atoms with E-state index < -0.39 is 28.1 Å². The van der Waals surface area contributed by atoms with E-state index in [4.69, 9.17) is 14.5 Å². The zero-order valence-corrected chi connectivity index (χ0v) is 22.8. The second-order valence-electron chi connectivity index (χ2n) is 8.87. The minimum absolute atomic E-state index is 0.0694. The van der Waals surface area contributed by atoms with Crippen LogP contribution in [0, 0.1) is 6.92 Å². The number of nitrogens with zero attached hydrogens (tertiary/aromatic N) is 1. The molecule has 4 rings (SSSR count). The van der Waals surface area contributed by atoms with Crippen LogP contribution in [0.25, 0.3) is 0 Å². The molecule has 0 saturated heterocycles. The maximum absolute atomic E-state index is 13.6. The van der Waals surface area contributed by atoms with Crippen LogP contribution in [-0.4, -0.2) is 40.4 Å². The molecule has 0 aromatic heterocycles. The van der Waals surface area contributed by atoms with E-state index >= 15 is 0 Å². The van der Waals surface area contributed by atoms with E-state index in [2.05, 4.69) is 4.72 Å². The van der Waals surface area contributed by atoms with Crippen molar-refractivity contribution in [3.05, 3.63) is 131 Å². The van der Waals surface area contributed by atoms with Gasteiger partial charge in [-0.2, -0.15) is 0 Å². The molecule has 0 amide bonds. The lowest BCUT2D eigenvalue weighted by Crippen LogP contribution is -2.40. The number of sulfonamides is 1. The van der Waals surface area contributed by atoms with Gasteiger partial charge in [-0.05, 0) is 36.8 Å². The zero-order chi connectivity index (χ0) is 27.8. The van der Waals surface area contributed by atoms with Gasteiger partial charge < -0.3 is 9.47 Å². The minimum Gasteiger partial charge on any atom is -0.497 e. The highest BCUT2D eigenvalue weighted by atomic mass is 32.2. The molecule has 0 fully saturated rings. The van der Waals surface area contributed by atoms with Crippen molar-refractivity contribution < 1.29 is 22.7 Å². The average Bonchev–Trinajstić information content (AvgIpc) is 2.97. The maximum Gasteiger partial charge on any atom is 0.332 e. The molecule has 0 bridgehead atoms. The molecule has 0 saturated carbocycles. The monoisotopic (exact) mass is 542 g/mol. The lowest BCUT2D eigenvalue weighted by molar-refractivity contribution is -0.142. The number of carbonyl (C=O) groups is 1. The summed E-state index contributed by atoms with van der Waals surface area (Å²) in [5.41, 5.74) is 3.47. The van der Waals surface area contributed by atoms with Gasteiger partial charge in [-0.25, -0.2) is 17.9 Å². The summed E-state index contributed by atoms with van der Waals surface area (Å²) in [6, 6.07) is 29.8. The molecule has 0 spiro atoms. The highest BCUT2D eigenvalue weighted by Crippen LogP contribution is 2.28. The van der Waals surface area contributed by atoms with Crippen LogP contribution in [0.4, 0.5) is 0 Å². The summed E-state index contributed by atoms with van der Waals surface area (Å²) < 4.78 is 40.4. The molecular formula is C31H30N2O5S. The predicted octanol–water partition coefficient (Wildman–Crippen LogP) is 5.10. The predicted molar refractivity (Wildman–Crippen MR) is 152 cm³/mol. The molecule has 2 atom stereocenters. The fraction of sp³-hybridized carbons (Fsp3) is 0.161. The fourth-order valence-corrected chi connectivity index (χ4v) is 5.36. The van der Waals surface area contributed by atoms with Gasteiger partial charge in [0.1, 0.15) is 5.75 Å². The van der Waals surface area contributed by atoms with Gasteiger partial charge in [0.15, 0.2) is 6.04 Å². The second-order valence-corrected chi connectivity index (χ2v) is 10.6. The summed E-state index contributed by atoms with van der Waals surface area (Å²) in [7, 11) is -1.29. The Morgan fingerprint density at radius 2 is 1.38 bits per heavy atom. The summed E-state index contributed by atoms with van der Waals surface area (Å²) in [6.45, 7) is 1.87. The van der Waals surface area contributed by atoms with Crippen molar-refractivity contribution in [2.45, 2.75) is 23.9 Å². The average molecular weight is 543 g/mol. The molecular weight excluding hydrogens is 512 g/mol. The van der Waals surface area contributed by atoms with Crippen LogP contribution >= 0.6 is 0 Å². The van der Waals surface area contributed by atoms with Crippen molar-refractivity contribution in [1.29, 1.82) is 0 Å². The Labute approximate surface area is 229 Å². The van der Waals surface area contributed by atoms with E-state index in [0.29, 0.717) is 17.0 Å². The number of aliphatic imine (C=N–C) groups is 1. The Kier molecular flexibility index (Phi) is 8.91. The van der Waals surface area contributed by atoms with E-state index in [0.717, 1.165) is 16.7 Å². The number of carbonyl (C=O) groups excluding carboxylic acids is 1. The largest absolute Gasteiger partial charge is 0.497 e. The lowest BCUT2D eigenvalue weighted by Gasteiger charge is -2.25. The maximum atomic E-state index is 13.6. The zero-order valence-electron chi connectivity index (χ0n) is 21.9. The van der Waals surface area contributed by atoms with Gasteiger partial charge >= 0.3 is 5.97 Å². The summed E-state index contributed by atoms with van der Waals surface area (Å²) in [4.78, 5) is 18.3. The first-order valence-electron chi connectivity index (χ1n) is 12.3. The topological polar surface area (TPSA) is 94.1 Å². The van der Waals surface area contributed by atoms with Crippen LogP contribution in [0.1, 0.15) is 28.3 Å². The van der Waals surface area contributed by atoms with E-state index in [1.807, 2.05) is 67.6 Å². The van der Waals surface area contributed by atoms with Crippen molar-refractivity contribution >= 4 is 21.7 Å². The van der Waals surface area contributed by atoms with Crippen molar-refractivity contribution in [1.82, 2.24) is 4.72 Å². The van der Waals surface area contributed by atoms with Crippen LogP contribution in [-0.2, 0) is 19.6 Å². The minimum atomic E-state index is -4.06. The van der Waals surface area contributed by atoms with Gasteiger partial charge in [0.2, 0.25) is 10.0 Å². The molecule has 39 heavy (non-hydrogen) atoms. The quantitative estimate of drug-likeness (QED) is 0.222. The number of ether oxygens (including phenoxy) is 2. The Bertz CT molecular complexity index is 1500. The standard InChI is InChI=1S/C31H30N2O5S/c1-22-17-19-27(20-18-22)39(35,36)33-29(25-15-10-16-26(21-25)37-2)30(31(34)38-3)32-28(23-11-6-4-7-12-23)24-13-8-5-9-14-24/h4-21,29-30,33H,1-3H3/t29-,30+/m1/s1. The molecule has 4 aromatic rings. The third kappa shape index (κ3) is 6.79. The smallest absolute Gasteiger partial charge is 0.332 e. The van der Waals surface area contributed by atoms with Crippen LogP contribution in [0.15, 0.2) is 119 Å². The number of esters is 1. The summed E-state index contributed by atoms with van der Waals surface area (Å²) >= 11 is 0. The molecule has 200 valence electrons. The van der Waals surface area contributed by atoms with E-state index in [1.165, 1.54) is 26.4 Å². The molecule has 4 aromatic carbocycles. The number of nitrogens with one attached hydrogen (secondary N) is 1. The van der Waals surface area contributed by atoms with Crippen LogP contribution in [0.2, 0.25) is 0 Å². The Morgan fingerprint density at radius 1 is 0.795 bits per heavy atom.